The lowest BCUT2D eigenvalue weighted by molar-refractivity contribution is -0.117. The van der Waals surface area contributed by atoms with Gasteiger partial charge in [0, 0.05) is 12.1 Å². The van der Waals surface area contributed by atoms with Crippen molar-refractivity contribution in [2.24, 2.45) is 5.73 Å². The van der Waals surface area contributed by atoms with E-state index in [-0.39, 0.29) is 0 Å². The number of nitrogens with zero attached hydrogens (tertiary/aromatic N) is 3. The van der Waals surface area contributed by atoms with Crippen molar-refractivity contribution in [3.8, 4) is 11.4 Å². The van der Waals surface area contributed by atoms with E-state index in [0.29, 0.717) is 11.7 Å². The number of aromatic nitrogens is 3. The van der Waals surface area contributed by atoms with E-state index in [0.717, 1.165) is 17.0 Å². The predicted octanol–water partition coefficient (Wildman–Crippen LogP) is 3.45. The van der Waals surface area contributed by atoms with Crippen LogP contribution in [0.2, 0.25) is 0 Å². The second kappa shape index (κ2) is 7.81. The number of amides is 1. The van der Waals surface area contributed by atoms with E-state index in [2.05, 4.69) is 16.8 Å². The molecule has 2 N–H and O–H groups in total. The van der Waals surface area contributed by atoms with Gasteiger partial charge in [-0.3, -0.25) is 9.36 Å². The Morgan fingerprint density at radius 2 is 1.76 bits per heavy atom. The minimum atomic E-state index is -0.530. The van der Waals surface area contributed by atoms with E-state index in [4.69, 9.17) is 5.73 Å². The highest BCUT2D eigenvalue weighted by Crippen LogP contribution is 2.35. The average molecular weight is 350 g/mol. The number of carbonyl (C=O) groups is 1. The SMILES string of the molecule is C=CCn1c(S[C@@H](C(N)=O)c2ccccc2)nnc1-c1ccccc1. The van der Waals surface area contributed by atoms with Gasteiger partial charge < -0.3 is 5.73 Å². The molecule has 0 aliphatic rings. The third-order valence-electron chi connectivity index (χ3n) is 3.64. The zero-order valence-electron chi connectivity index (χ0n) is 13.6. The molecular weight excluding hydrogens is 332 g/mol. The summed E-state index contributed by atoms with van der Waals surface area (Å²) in [5, 5.41) is 8.68. The highest BCUT2D eigenvalue weighted by Gasteiger charge is 2.23. The molecule has 0 aliphatic carbocycles. The van der Waals surface area contributed by atoms with E-state index in [1.807, 2.05) is 65.2 Å². The van der Waals surface area contributed by atoms with Crippen molar-refractivity contribution in [1.82, 2.24) is 14.8 Å². The summed E-state index contributed by atoms with van der Waals surface area (Å²) in [4.78, 5) is 12.0. The lowest BCUT2D eigenvalue weighted by atomic mass is 10.1. The highest BCUT2D eigenvalue weighted by atomic mass is 32.2. The fourth-order valence-electron chi connectivity index (χ4n) is 2.49. The maximum atomic E-state index is 12.0. The van der Waals surface area contributed by atoms with E-state index < -0.39 is 11.2 Å². The number of rotatable bonds is 7. The van der Waals surface area contributed by atoms with Gasteiger partial charge in [-0.05, 0) is 5.56 Å². The summed E-state index contributed by atoms with van der Waals surface area (Å²) in [5.41, 5.74) is 7.42. The second-order valence-electron chi connectivity index (χ2n) is 5.38. The quantitative estimate of drug-likeness (QED) is 0.523. The van der Waals surface area contributed by atoms with Gasteiger partial charge in [-0.1, -0.05) is 78.5 Å². The molecule has 0 saturated heterocycles. The van der Waals surface area contributed by atoms with E-state index >= 15 is 0 Å². The molecule has 0 spiro atoms. The summed E-state index contributed by atoms with van der Waals surface area (Å²) in [5.74, 6) is 0.324. The average Bonchev–Trinajstić information content (AvgIpc) is 3.04. The monoisotopic (exact) mass is 350 g/mol. The molecule has 1 amide bonds. The predicted molar refractivity (Wildman–Crippen MR) is 99.9 cm³/mol. The van der Waals surface area contributed by atoms with Crippen molar-refractivity contribution >= 4 is 17.7 Å². The second-order valence-corrected chi connectivity index (χ2v) is 6.45. The molecule has 126 valence electrons. The number of benzene rings is 2. The Balaban J connectivity index is 1.98. The molecule has 1 atom stereocenters. The van der Waals surface area contributed by atoms with Gasteiger partial charge in [0.1, 0.15) is 5.25 Å². The Labute approximate surface area is 150 Å². The van der Waals surface area contributed by atoms with Crippen molar-refractivity contribution in [2.45, 2.75) is 17.0 Å². The third kappa shape index (κ3) is 3.80. The normalized spacial score (nSPS) is 11.8. The maximum Gasteiger partial charge on any atom is 0.235 e. The van der Waals surface area contributed by atoms with Crippen molar-refractivity contribution in [3.05, 3.63) is 78.9 Å². The lowest BCUT2D eigenvalue weighted by Gasteiger charge is -2.14. The van der Waals surface area contributed by atoms with E-state index in [1.54, 1.807) is 6.08 Å². The molecule has 5 nitrogen and oxygen atoms in total. The number of nitrogens with two attached hydrogens (primary N) is 1. The summed E-state index contributed by atoms with van der Waals surface area (Å²) < 4.78 is 1.94. The molecule has 0 unspecified atom stereocenters. The van der Waals surface area contributed by atoms with Crippen LogP contribution in [-0.2, 0) is 11.3 Å². The lowest BCUT2D eigenvalue weighted by Crippen LogP contribution is -2.19. The summed E-state index contributed by atoms with van der Waals surface area (Å²) >= 11 is 1.30. The van der Waals surface area contributed by atoms with E-state index in [1.165, 1.54) is 11.8 Å². The van der Waals surface area contributed by atoms with Crippen molar-refractivity contribution in [3.63, 3.8) is 0 Å². The summed E-state index contributed by atoms with van der Waals surface area (Å²) in [6.45, 7) is 4.35. The molecule has 3 aromatic rings. The largest absolute Gasteiger partial charge is 0.368 e. The first-order chi connectivity index (χ1) is 12.2. The van der Waals surface area contributed by atoms with Crippen LogP contribution < -0.4 is 5.73 Å². The van der Waals surface area contributed by atoms with Crippen LogP contribution in [0.25, 0.3) is 11.4 Å². The number of primary amides is 1. The molecule has 6 heteroatoms. The van der Waals surface area contributed by atoms with Crippen LogP contribution in [0.15, 0.2) is 78.5 Å². The number of hydrogen-bond donors (Lipinski definition) is 1. The molecule has 0 saturated carbocycles. The number of hydrogen-bond acceptors (Lipinski definition) is 4. The van der Waals surface area contributed by atoms with E-state index in [9.17, 15) is 4.79 Å². The number of thioether (sulfide) groups is 1. The van der Waals surface area contributed by atoms with Gasteiger partial charge >= 0.3 is 0 Å². The molecule has 2 aromatic carbocycles. The van der Waals surface area contributed by atoms with Crippen LogP contribution in [0, 0.1) is 0 Å². The first kappa shape index (κ1) is 17.0. The first-order valence-electron chi connectivity index (χ1n) is 7.81. The summed E-state index contributed by atoms with van der Waals surface area (Å²) in [6.07, 6.45) is 1.78. The minimum Gasteiger partial charge on any atom is -0.368 e. The molecule has 0 fully saturated rings. The molecule has 3 rings (SSSR count). The molecule has 0 radical (unpaired) electrons. The summed E-state index contributed by atoms with van der Waals surface area (Å²) in [6, 6.07) is 19.2. The first-order valence-corrected chi connectivity index (χ1v) is 8.69. The highest BCUT2D eigenvalue weighted by molar-refractivity contribution is 8.00. The Kier molecular flexibility index (Phi) is 5.30. The van der Waals surface area contributed by atoms with Gasteiger partial charge in [0.15, 0.2) is 11.0 Å². The van der Waals surface area contributed by atoms with Gasteiger partial charge in [0.05, 0.1) is 0 Å². The Bertz CT molecular complexity index is 862. The van der Waals surface area contributed by atoms with Crippen molar-refractivity contribution in [2.75, 3.05) is 0 Å². The van der Waals surface area contributed by atoms with Gasteiger partial charge in [-0.25, -0.2) is 0 Å². The molecular formula is C19H18N4OS. The smallest absolute Gasteiger partial charge is 0.235 e. The maximum absolute atomic E-state index is 12.0. The molecule has 1 heterocycles. The number of carbonyl (C=O) groups excluding carboxylic acids is 1. The molecule has 1 aromatic heterocycles. The van der Waals surface area contributed by atoms with Gasteiger partial charge in [-0.2, -0.15) is 0 Å². The summed E-state index contributed by atoms with van der Waals surface area (Å²) in [7, 11) is 0. The fraction of sp³-hybridized carbons (Fsp3) is 0.105. The van der Waals surface area contributed by atoms with Crippen LogP contribution in [0.1, 0.15) is 10.8 Å². The molecule has 0 bridgehead atoms. The zero-order chi connectivity index (χ0) is 17.6. The minimum absolute atomic E-state index is 0.411. The standard InChI is InChI=1S/C19H18N4OS/c1-2-13-23-18(15-11-7-4-8-12-15)21-22-19(23)25-16(17(20)24)14-9-5-3-6-10-14/h2-12,16H,1,13H2,(H2,20,24)/t16-/m1/s1. The van der Waals surface area contributed by atoms with Crippen LogP contribution in [0.4, 0.5) is 0 Å². The van der Waals surface area contributed by atoms with Crippen molar-refractivity contribution in [1.29, 1.82) is 0 Å². The van der Waals surface area contributed by atoms with Crippen LogP contribution in [0.3, 0.4) is 0 Å². The third-order valence-corrected chi connectivity index (χ3v) is 4.90. The van der Waals surface area contributed by atoms with Crippen LogP contribution in [-0.4, -0.2) is 20.7 Å². The zero-order valence-corrected chi connectivity index (χ0v) is 14.4. The molecule has 0 aliphatic heterocycles. The molecule has 25 heavy (non-hydrogen) atoms. The van der Waals surface area contributed by atoms with Gasteiger partial charge in [0.25, 0.3) is 0 Å². The fourth-order valence-corrected chi connectivity index (χ4v) is 3.49. The Morgan fingerprint density at radius 3 is 2.36 bits per heavy atom. The number of allylic oxidation sites excluding steroid dienone is 1. The van der Waals surface area contributed by atoms with Gasteiger partial charge in [-0.15, -0.1) is 16.8 Å². The Morgan fingerprint density at radius 1 is 1.12 bits per heavy atom. The topological polar surface area (TPSA) is 73.8 Å². The Hall–Kier alpha value is -2.86. The van der Waals surface area contributed by atoms with Crippen LogP contribution in [0.5, 0.6) is 0 Å². The van der Waals surface area contributed by atoms with Crippen molar-refractivity contribution < 1.29 is 4.79 Å². The van der Waals surface area contributed by atoms with Crippen LogP contribution >= 0.6 is 11.8 Å². The van der Waals surface area contributed by atoms with Gasteiger partial charge in [0.2, 0.25) is 5.91 Å².